The van der Waals surface area contributed by atoms with Crippen molar-refractivity contribution >= 4 is 33.8 Å². The molecular formula is C25H25ClN2O6S. The van der Waals surface area contributed by atoms with E-state index in [1.807, 2.05) is 13.8 Å². The van der Waals surface area contributed by atoms with Crippen LogP contribution in [-0.2, 0) is 10.1 Å². The maximum atomic E-state index is 12.6. The molecule has 8 nitrogen and oxygen atoms in total. The van der Waals surface area contributed by atoms with Gasteiger partial charge in [0, 0.05) is 16.1 Å². The fourth-order valence-corrected chi connectivity index (χ4v) is 3.98. The quantitative estimate of drug-likeness (QED) is 0.217. The van der Waals surface area contributed by atoms with Crippen LogP contribution in [0.1, 0.15) is 36.2 Å². The highest BCUT2D eigenvalue weighted by Gasteiger charge is 2.18. The molecule has 0 aliphatic heterocycles. The Morgan fingerprint density at radius 1 is 0.971 bits per heavy atom. The Labute approximate surface area is 209 Å². The number of carbonyl (C=O) groups excluding carboxylic acids is 1. The van der Waals surface area contributed by atoms with Crippen LogP contribution in [-0.4, -0.2) is 33.8 Å². The summed E-state index contributed by atoms with van der Waals surface area (Å²) in [5.74, 6) is 0.596. The first-order chi connectivity index (χ1) is 16.8. The van der Waals surface area contributed by atoms with E-state index in [4.69, 9.17) is 25.3 Å². The summed E-state index contributed by atoms with van der Waals surface area (Å²) in [5.41, 5.74) is 3.10. The van der Waals surface area contributed by atoms with Crippen LogP contribution < -0.4 is 19.1 Å². The fraction of sp³-hybridized carbons (Fsp3) is 0.200. The highest BCUT2D eigenvalue weighted by atomic mass is 35.5. The van der Waals surface area contributed by atoms with Crippen LogP contribution in [0.4, 0.5) is 0 Å². The standard InChI is InChI=1S/C25H25ClN2O6S/c1-3-15-33-23-14-9-18(16-24(23)32-4-2)25(29)28-27-17-19-7-5-6-8-22(19)34-35(30,31)21-12-10-20(26)11-13-21/h5-14,16-17H,3-4,15H2,1-2H3,(H,28,29)/b27-17+. The molecule has 0 aromatic heterocycles. The average molecular weight is 517 g/mol. The third-order valence-electron chi connectivity index (χ3n) is 4.56. The van der Waals surface area contributed by atoms with Crippen molar-refractivity contribution in [2.75, 3.05) is 13.2 Å². The number of para-hydroxylation sites is 1. The van der Waals surface area contributed by atoms with Gasteiger partial charge in [-0.2, -0.15) is 13.5 Å². The van der Waals surface area contributed by atoms with Gasteiger partial charge in [0.2, 0.25) is 0 Å². The third-order valence-corrected chi connectivity index (χ3v) is 6.06. The van der Waals surface area contributed by atoms with Crippen molar-refractivity contribution in [2.45, 2.75) is 25.2 Å². The van der Waals surface area contributed by atoms with Gasteiger partial charge in [0.15, 0.2) is 17.2 Å². The van der Waals surface area contributed by atoms with E-state index in [0.29, 0.717) is 40.9 Å². The van der Waals surface area contributed by atoms with E-state index in [2.05, 4.69) is 10.5 Å². The Hall–Kier alpha value is -3.56. The Kier molecular flexibility index (Phi) is 9.11. The molecule has 0 aliphatic carbocycles. The van der Waals surface area contributed by atoms with Gasteiger partial charge in [0.05, 0.1) is 19.4 Å². The molecule has 0 unspecified atom stereocenters. The molecule has 0 bridgehead atoms. The lowest BCUT2D eigenvalue weighted by atomic mass is 10.2. The van der Waals surface area contributed by atoms with E-state index in [-0.39, 0.29) is 10.6 Å². The molecule has 3 rings (SSSR count). The summed E-state index contributed by atoms with van der Waals surface area (Å²) < 4.78 is 41.7. The minimum absolute atomic E-state index is 0.0431. The predicted octanol–water partition coefficient (Wildman–Crippen LogP) is 5.06. The van der Waals surface area contributed by atoms with Crippen molar-refractivity contribution in [1.82, 2.24) is 5.43 Å². The number of amides is 1. The summed E-state index contributed by atoms with van der Waals surface area (Å²) in [7, 11) is -4.09. The molecule has 1 amide bonds. The zero-order valence-electron chi connectivity index (χ0n) is 19.2. The molecule has 0 saturated carbocycles. The van der Waals surface area contributed by atoms with Crippen molar-refractivity contribution in [3.8, 4) is 17.2 Å². The predicted molar refractivity (Wildman–Crippen MR) is 134 cm³/mol. The van der Waals surface area contributed by atoms with E-state index >= 15 is 0 Å². The summed E-state index contributed by atoms with van der Waals surface area (Å²) >= 11 is 5.83. The van der Waals surface area contributed by atoms with E-state index < -0.39 is 16.0 Å². The lowest BCUT2D eigenvalue weighted by molar-refractivity contribution is 0.0954. The number of hydrogen-bond donors (Lipinski definition) is 1. The van der Waals surface area contributed by atoms with Gasteiger partial charge in [-0.25, -0.2) is 5.43 Å². The maximum absolute atomic E-state index is 12.6. The van der Waals surface area contributed by atoms with Crippen LogP contribution in [0.2, 0.25) is 5.02 Å². The molecule has 0 saturated heterocycles. The number of rotatable bonds is 11. The van der Waals surface area contributed by atoms with Crippen LogP contribution in [0, 0.1) is 0 Å². The number of hydrazone groups is 1. The lowest BCUT2D eigenvalue weighted by Gasteiger charge is -2.12. The number of nitrogens with zero attached hydrogens (tertiary/aromatic N) is 1. The van der Waals surface area contributed by atoms with Crippen molar-refractivity contribution in [1.29, 1.82) is 0 Å². The van der Waals surface area contributed by atoms with Crippen LogP contribution in [0.15, 0.2) is 76.7 Å². The Morgan fingerprint density at radius 2 is 1.71 bits per heavy atom. The van der Waals surface area contributed by atoms with Crippen molar-refractivity contribution in [2.24, 2.45) is 5.10 Å². The molecule has 0 spiro atoms. The molecule has 10 heteroatoms. The molecule has 184 valence electrons. The summed E-state index contributed by atoms with van der Waals surface area (Å²) in [6.45, 7) is 4.79. The second kappa shape index (κ2) is 12.2. The van der Waals surface area contributed by atoms with E-state index in [0.717, 1.165) is 6.42 Å². The topological polar surface area (TPSA) is 103 Å². The van der Waals surface area contributed by atoms with Gasteiger partial charge in [-0.3, -0.25) is 4.79 Å². The number of benzene rings is 3. The first-order valence-corrected chi connectivity index (χ1v) is 12.6. The van der Waals surface area contributed by atoms with Gasteiger partial charge in [-0.05, 0) is 67.9 Å². The zero-order chi connectivity index (χ0) is 25.3. The average Bonchev–Trinajstić information content (AvgIpc) is 2.84. The highest BCUT2D eigenvalue weighted by molar-refractivity contribution is 7.87. The van der Waals surface area contributed by atoms with E-state index in [1.54, 1.807) is 36.4 Å². The summed E-state index contributed by atoms with van der Waals surface area (Å²) in [4.78, 5) is 12.5. The smallest absolute Gasteiger partial charge is 0.339 e. The second-order valence-corrected chi connectivity index (χ2v) is 9.15. The normalized spacial score (nSPS) is 11.3. The SMILES string of the molecule is CCCOc1ccc(C(=O)N/N=C/c2ccccc2OS(=O)(=O)c2ccc(Cl)cc2)cc1OCC. The largest absolute Gasteiger partial charge is 0.490 e. The molecule has 0 aliphatic rings. The zero-order valence-corrected chi connectivity index (χ0v) is 20.8. The van der Waals surface area contributed by atoms with Crippen LogP contribution in [0.25, 0.3) is 0 Å². The number of nitrogens with one attached hydrogen (secondary N) is 1. The van der Waals surface area contributed by atoms with Crippen LogP contribution in [0.3, 0.4) is 0 Å². The fourth-order valence-electron chi connectivity index (χ4n) is 2.90. The molecule has 0 fully saturated rings. The van der Waals surface area contributed by atoms with Gasteiger partial charge in [-0.15, -0.1) is 0 Å². The van der Waals surface area contributed by atoms with Gasteiger partial charge in [0.25, 0.3) is 5.91 Å². The highest BCUT2D eigenvalue weighted by Crippen LogP contribution is 2.29. The summed E-state index contributed by atoms with van der Waals surface area (Å²) in [6.07, 6.45) is 2.14. The van der Waals surface area contributed by atoms with E-state index in [9.17, 15) is 13.2 Å². The van der Waals surface area contributed by atoms with Gasteiger partial charge >= 0.3 is 10.1 Å². The molecular weight excluding hydrogens is 492 g/mol. The van der Waals surface area contributed by atoms with Gasteiger partial charge in [-0.1, -0.05) is 30.7 Å². The molecule has 3 aromatic rings. The Morgan fingerprint density at radius 3 is 2.43 bits per heavy atom. The molecule has 0 atom stereocenters. The molecule has 0 heterocycles. The first-order valence-electron chi connectivity index (χ1n) is 10.9. The Balaban J connectivity index is 1.73. The molecule has 1 N–H and O–H groups in total. The number of halogens is 1. The van der Waals surface area contributed by atoms with Crippen LogP contribution in [0.5, 0.6) is 17.2 Å². The van der Waals surface area contributed by atoms with Crippen molar-refractivity contribution in [3.05, 3.63) is 82.9 Å². The number of hydrogen-bond acceptors (Lipinski definition) is 7. The maximum Gasteiger partial charge on any atom is 0.339 e. The molecule has 3 aromatic carbocycles. The van der Waals surface area contributed by atoms with Crippen molar-refractivity contribution < 1.29 is 26.9 Å². The first kappa shape index (κ1) is 26.1. The minimum Gasteiger partial charge on any atom is -0.490 e. The Bertz CT molecular complexity index is 1290. The van der Waals surface area contributed by atoms with Crippen LogP contribution >= 0.6 is 11.6 Å². The van der Waals surface area contributed by atoms with E-state index in [1.165, 1.54) is 36.5 Å². The number of ether oxygens (including phenoxy) is 2. The minimum atomic E-state index is -4.09. The lowest BCUT2D eigenvalue weighted by Crippen LogP contribution is -2.18. The molecule has 35 heavy (non-hydrogen) atoms. The van der Waals surface area contributed by atoms with Crippen molar-refractivity contribution in [3.63, 3.8) is 0 Å². The van der Waals surface area contributed by atoms with Gasteiger partial charge in [0.1, 0.15) is 4.90 Å². The number of carbonyl (C=O) groups is 1. The third kappa shape index (κ3) is 7.21. The monoisotopic (exact) mass is 516 g/mol. The summed E-state index contributed by atoms with van der Waals surface area (Å²) in [6, 6.07) is 16.9. The molecule has 0 radical (unpaired) electrons. The van der Waals surface area contributed by atoms with Gasteiger partial charge < -0.3 is 13.7 Å². The summed E-state index contributed by atoms with van der Waals surface area (Å²) in [5, 5.41) is 4.36. The second-order valence-electron chi connectivity index (χ2n) is 7.17.